The summed E-state index contributed by atoms with van der Waals surface area (Å²) in [6, 6.07) is 0.671. The number of nitrogens with one attached hydrogen (secondary N) is 1. The molecule has 0 aromatic carbocycles. The molecule has 0 rings (SSSR count). The van der Waals surface area contributed by atoms with E-state index in [1.807, 2.05) is 0 Å². The van der Waals surface area contributed by atoms with Crippen molar-refractivity contribution in [2.75, 3.05) is 7.05 Å². The van der Waals surface area contributed by atoms with E-state index in [4.69, 9.17) is 0 Å². The van der Waals surface area contributed by atoms with Crippen LogP contribution in [0.1, 0.15) is 46.5 Å². The van der Waals surface area contributed by atoms with Crippen LogP contribution in [0.4, 0.5) is 0 Å². The van der Waals surface area contributed by atoms with Gasteiger partial charge in [-0.05, 0) is 38.6 Å². The van der Waals surface area contributed by atoms with Gasteiger partial charge >= 0.3 is 0 Å². The molecule has 0 aliphatic heterocycles. The molecule has 0 aliphatic rings. The SMILES string of the molecule is C=C(CC)CCCC(NC)C(C)C. The fraction of sp³-hybridized carbons (Fsp3) is 0.833. The molecule has 0 bridgehead atoms. The highest BCUT2D eigenvalue weighted by molar-refractivity contribution is 4.92. The zero-order valence-corrected chi connectivity index (χ0v) is 9.69. The van der Waals surface area contributed by atoms with E-state index in [1.54, 1.807) is 0 Å². The van der Waals surface area contributed by atoms with Crippen LogP contribution in [0.25, 0.3) is 0 Å². The lowest BCUT2D eigenvalue weighted by Crippen LogP contribution is -2.30. The van der Waals surface area contributed by atoms with Crippen LogP contribution in [0, 0.1) is 5.92 Å². The molecule has 0 saturated heterocycles. The van der Waals surface area contributed by atoms with Crippen molar-refractivity contribution in [3.8, 4) is 0 Å². The average molecular weight is 183 g/mol. The molecule has 1 N–H and O–H groups in total. The van der Waals surface area contributed by atoms with Crippen LogP contribution < -0.4 is 5.32 Å². The lowest BCUT2D eigenvalue weighted by molar-refractivity contribution is 0.393. The van der Waals surface area contributed by atoms with Gasteiger partial charge in [-0.1, -0.05) is 32.9 Å². The van der Waals surface area contributed by atoms with Crippen LogP contribution in [-0.4, -0.2) is 13.1 Å². The second-order valence-electron chi connectivity index (χ2n) is 4.13. The summed E-state index contributed by atoms with van der Waals surface area (Å²) in [6.07, 6.45) is 4.87. The fourth-order valence-corrected chi connectivity index (χ4v) is 1.56. The zero-order chi connectivity index (χ0) is 10.3. The van der Waals surface area contributed by atoms with E-state index >= 15 is 0 Å². The summed E-state index contributed by atoms with van der Waals surface area (Å²) < 4.78 is 0. The van der Waals surface area contributed by atoms with E-state index in [1.165, 1.54) is 24.8 Å². The van der Waals surface area contributed by atoms with Gasteiger partial charge in [-0.25, -0.2) is 0 Å². The van der Waals surface area contributed by atoms with Gasteiger partial charge in [-0.3, -0.25) is 0 Å². The highest BCUT2D eigenvalue weighted by Gasteiger charge is 2.09. The molecule has 1 atom stereocenters. The Kier molecular flexibility index (Phi) is 6.97. The number of allylic oxidation sites excluding steroid dienone is 1. The second kappa shape index (κ2) is 7.14. The maximum Gasteiger partial charge on any atom is 0.00871 e. The Morgan fingerprint density at radius 2 is 2.00 bits per heavy atom. The average Bonchev–Trinajstić information content (AvgIpc) is 2.11. The number of rotatable bonds is 7. The van der Waals surface area contributed by atoms with Gasteiger partial charge in [-0.2, -0.15) is 0 Å². The molecule has 1 unspecified atom stereocenters. The molecule has 0 heterocycles. The summed E-state index contributed by atoms with van der Waals surface area (Å²) in [7, 11) is 2.05. The third-order valence-corrected chi connectivity index (χ3v) is 2.72. The maximum atomic E-state index is 4.02. The van der Waals surface area contributed by atoms with E-state index in [9.17, 15) is 0 Å². The predicted molar refractivity (Wildman–Crippen MR) is 61.0 cm³/mol. The van der Waals surface area contributed by atoms with Crippen LogP contribution in [-0.2, 0) is 0 Å². The summed E-state index contributed by atoms with van der Waals surface area (Å²) >= 11 is 0. The maximum absolute atomic E-state index is 4.02. The van der Waals surface area contributed by atoms with E-state index in [-0.39, 0.29) is 0 Å². The monoisotopic (exact) mass is 183 g/mol. The second-order valence-corrected chi connectivity index (χ2v) is 4.13. The molecular weight excluding hydrogens is 158 g/mol. The smallest absolute Gasteiger partial charge is 0.00871 e. The van der Waals surface area contributed by atoms with Crippen molar-refractivity contribution in [3.05, 3.63) is 12.2 Å². The van der Waals surface area contributed by atoms with Crippen molar-refractivity contribution in [1.82, 2.24) is 5.32 Å². The third kappa shape index (κ3) is 5.87. The van der Waals surface area contributed by atoms with Gasteiger partial charge in [0, 0.05) is 6.04 Å². The largest absolute Gasteiger partial charge is 0.317 e. The third-order valence-electron chi connectivity index (χ3n) is 2.72. The molecular formula is C12H25N. The van der Waals surface area contributed by atoms with Gasteiger partial charge in [0.05, 0.1) is 0 Å². The Balaban J connectivity index is 3.55. The molecule has 0 amide bonds. The van der Waals surface area contributed by atoms with Gasteiger partial charge in [0.25, 0.3) is 0 Å². The first-order chi connectivity index (χ1) is 6.11. The highest BCUT2D eigenvalue weighted by atomic mass is 14.9. The molecule has 0 spiro atoms. The van der Waals surface area contributed by atoms with Crippen molar-refractivity contribution in [3.63, 3.8) is 0 Å². The van der Waals surface area contributed by atoms with Crippen LogP contribution in [0.5, 0.6) is 0 Å². The Bertz CT molecular complexity index is 138. The Hall–Kier alpha value is -0.300. The molecule has 78 valence electrons. The molecule has 0 fully saturated rings. The van der Waals surface area contributed by atoms with Gasteiger partial charge in [0.2, 0.25) is 0 Å². The topological polar surface area (TPSA) is 12.0 Å². The van der Waals surface area contributed by atoms with Crippen LogP contribution in [0.3, 0.4) is 0 Å². The summed E-state index contributed by atoms with van der Waals surface area (Å²) in [5.41, 5.74) is 1.39. The Morgan fingerprint density at radius 1 is 1.38 bits per heavy atom. The lowest BCUT2D eigenvalue weighted by atomic mass is 9.97. The van der Waals surface area contributed by atoms with Crippen molar-refractivity contribution in [2.24, 2.45) is 5.92 Å². The Labute approximate surface area is 83.6 Å². The standard InChI is InChI=1S/C12H25N/c1-6-11(4)8-7-9-12(13-5)10(2)3/h10,12-13H,4,6-9H2,1-3,5H3. The molecule has 1 nitrogen and oxygen atoms in total. The quantitative estimate of drug-likeness (QED) is 0.597. The first-order valence-electron chi connectivity index (χ1n) is 5.45. The minimum absolute atomic E-state index is 0.671. The first kappa shape index (κ1) is 12.7. The van der Waals surface area contributed by atoms with Gasteiger partial charge in [0.1, 0.15) is 0 Å². The molecule has 0 aromatic rings. The molecule has 13 heavy (non-hydrogen) atoms. The summed E-state index contributed by atoms with van der Waals surface area (Å²) in [5, 5.41) is 3.36. The normalized spacial score (nSPS) is 13.3. The van der Waals surface area contributed by atoms with Crippen molar-refractivity contribution in [2.45, 2.75) is 52.5 Å². The molecule has 1 heteroatoms. The minimum Gasteiger partial charge on any atom is -0.317 e. The fourth-order valence-electron chi connectivity index (χ4n) is 1.56. The van der Waals surface area contributed by atoms with Gasteiger partial charge < -0.3 is 5.32 Å². The molecule has 0 aromatic heterocycles. The Morgan fingerprint density at radius 3 is 2.38 bits per heavy atom. The van der Waals surface area contributed by atoms with Crippen LogP contribution >= 0.6 is 0 Å². The number of hydrogen-bond donors (Lipinski definition) is 1. The van der Waals surface area contributed by atoms with Crippen molar-refractivity contribution < 1.29 is 0 Å². The lowest BCUT2D eigenvalue weighted by Gasteiger charge is -2.19. The van der Waals surface area contributed by atoms with E-state index in [0.29, 0.717) is 6.04 Å². The van der Waals surface area contributed by atoms with Crippen molar-refractivity contribution in [1.29, 1.82) is 0 Å². The molecule has 0 radical (unpaired) electrons. The predicted octanol–water partition coefficient (Wildman–Crippen LogP) is 3.37. The van der Waals surface area contributed by atoms with Crippen molar-refractivity contribution >= 4 is 0 Å². The first-order valence-corrected chi connectivity index (χ1v) is 5.45. The van der Waals surface area contributed by atoms with Crippen LogP contribution in [0.2, 0.25) is 0 Å². The van der Waals surface area contributed by atoms with E-state index in [0.717, 1.165) is 12.3 Å². The summed E-state index contributed by atoms with van der Waals surface area (Å²) in [4.78, 5) is 0. The zero-order valence-electron chi connectivity index (χ0n) is 9.69. The molecule has 0 saturated carbocycles. The van der Waals surface area contributed by atoms with E-state index in [2.05, 4.69) is 39.7 Å². The summed E-state index contributed by atoms with van der Waals surface area (Å²) in [6.45, 7) is 10.7. The minimum atomic E-state index is 0.671. The summed E-state index contributed by atoms with van der Waals surface area (Å²) in [5.74, 6) is 0.736. The number of hydrogen-bond acceptors (Lipinski definition) is 1. The highest BCUT2D eigenvalue weighted by Crippen LogP contribution is 2.13. The van der Waals surface area contributed by atoms with Gasteiger partial charge in [0.15, 0.2) is 0 Å². The molecule has 0 aliphatic carbocycles. The van der Waals surface area contributed by atoms with E-state index < -0.39 is 0 Å². The van der Waals surface area contributed by atoms with Crippen LogP contribution in [0.15, 0.2) is 12.2 Å². The van der Waals surface area contributed by atoms with Gasteiger partial charge in [-0.15, -0.1) is 0 Å².